The second-order valence-electron chi connectivity index (χ2n) is 5.86. The first-order chi connectivity index (χ1) is 13.2. The van der Waals surface area contributed by atoms with Gasteiger partial charge < -0.3 is 15.0 Å². The molecule has 138 valence electrons. The molecule has 1 aromatic heterocycles. The lowest BCUT2D eigenvalue weighted by atomic mass is 10.2. The zero-order chi connectivity index (χ0) is 19.1. The number of ether oxygens (including phenoxy) is 1. The molecule has 2 aromatic carbocycles. The van der Waals surface area contributed by atoms with Crippen LogP contribution >= 0.6 is 0 Å². The SMILES string of the molecule is CCOc1ccccc1NC(=O)c1ccc(N(CC)c2ccccc2)cn1. The van der Waals surface area contributed by atoms with Gasteiger partial charge in [0.1, 0.15) is 11.4 Å². The van der Waals surface area contributed by atoms with E-state index >= 15 is 0 Å². The van der Waals surface area contributed by atoms with Crippen molar-refractivity contribution in [1.29, 1.82) is 0 Å². The van der Waals surface area contributed by atoms with Crippen LogP contribution < -0.4 is 15.0 Å². The molecule has 27 heavy (non-hydrogen) atoms. The second-order valence-corrected chi connectivity index (χ2v) is 5.86. The summed E-state index contributed by atoms with van der Waals surface area (Å²) < 4.78 is 5.55. The first-order valence-corrected chi connectivity index (χ1v) is 9.04. The van der Waals surface area contributed by atoms with Crippen molar-refractivity contribution in [2.24, 2.45) is 0 Å². The summed E-state index contributed by atoms with van der Waals surface area (Å²) in [4.78, 5) is 19.0. The molecule has 0 unspecified atom stereocenters. The highest BCUT2D eigenvalue weighted by Gasteiger charge is 2.13. The molecule has 0 spiro atoms. The molecular weight excluding hydrogens is 338 g/mol. The number of aromatic nitrogens is 1. The average molecular weight is 361 g/mol. The molecule has 3 aromatic rings. The van der Waals surface area contributed by atoms with Crippen molar-refractivity contribution >= 4 is 23.0 Å². The van der Waals surface area contributed by atoms with Crippen molar-refractivity contribution in [3.8, 4) is 5.75 Å². The lowest BCUT2D eigenvalue weighted by molar-refractivity contribution is 0.102. The summed E-state index contributed by atoms with van der Waals surface area (Å²) in [5, 5.41) is 2.87. The number of rotatable bonds is 7. The van der Waals surface area contributed by atoms with Crippen molar-refractivity contribution in [1.82, 2.24) is 4.98 Å². The Morgan fingerprint density at radius 3 is 2.37 bits per heavy atom. The minimum atomic E-state index is -0.267. The molecule has 0 saturated carbocycles. The Morgan fingerprint density at radius 2 is 1.70 bits per heavy atom. The highest BCUT2D eigenvalue weighted by atomic mass is 16.5. The topological polar surface area (TPSA) is 54.5 Å². The maximum Gasteiger partial charge on any atom is 0.274 e. The average Bonchev–Trinajstić information content (AvgIpc) is 2.71. The fourth-order valence-electron chi connectivity index (χ4n) is 2.84. The summed E-state index contributed by atoms with van der Waals surface area (Å²) >= 11 is 0. The predicted octanol–water partition coefficient (Wildman–Crippen LogP) is 4.89. The van der Waals surface area contributed by atoms with E-state index in [4.69, 9.17) is 4.74 Å². The molecule has 1 N–H and O–H groups in total. The van der Waals surface area contributed by atoms with Crippen molar-refractivity contribution < 1.29 is 9.53 Å². The molecule has 0 saturated heterocycles. The number of pyridine rings is 1. The number of para-hydroxylation sites is 3. The minimum Gasteiger partial charge on any atom is -0.492 e. The number of benzene rings is 2. The van der Waals surface area contributed by atoms with Crippen LogP contribution in [0.1, 0.15) is 24.3 Å². The van der Waals surface area contributed by atoms with Crippen molar-refractivity contribution in [2.45, 2.75) is 13.8 Å². The summed E-state index contributed by atoms with van der Waals surface area (Å²) in [7, 11) is 0. The third kappa shape index (κ3) is 4.44. The normalized spacial score (nSPS) is 10.3. The van der Waals surface area contributed by atoms with Crippen molar-refractivity contribution in [3.63, 3.8) is 0 Å². The van der Waals surface area contributed by atoms with Crippen LogP contribution in [0, 0.1) is 0 Å². The van der Waals surface area contributed by atoms with E-state index in [-0.39, 0.29) is 5.91 Å². The Labute approximate surface area is 159 Å². The molecule has 5 heteroatoms. The van der Waals surface area contributed by atoms with E-state index < -0.39 is 0 Å². The number of hydrogen-bond acceptors (Lipinski definition) is 4. The molecule has 3 rings (SSSR count). The predicted molar refractivity (Wildman–Crippen MR) is 109 cm³/mol. The lowest BCUT2D eigenvalue weighted by Crippen LogP contribution is -2.18. The summed E-state index contributed by atoms with van der Waals surface area (Å²) in [6, 6.07) is 21.1. The number of hydrogen-bond donors (Lipinski definition) is 1. The molecule has 0 aliphatic rings. The Balaban J connectivity index is 1.76. The zero-order valence-corrected chi connectivity index (χ0v) is 15.6. The van der Waals surface area contributed by atoms with E-state index in [0.29, 0.717) is 23.7 Å². The molecule has 0 bridgehead atoms. The Morgan fingerprint density at radius 1 is 0.963 bits per heavy atom. The van der Waals surface area contributed by atoms with Crippen LogP contribution in [0.2, 0.25) is 0 Å². The molecule has 1 heterocycles. The largest absolute Gasteiger partial charge is 0.492 e. The first kappa shape index (κ1) is 18.5. The molecular formula is C22H23N3O2. The zero-order valence-electron chi connectivity index (χ0n) is 15.6. The van der Waals surface area contributed by atoms with Crippen LogP contribution in [0.25, 0.3) is 0 Å². The number of nitrogens with one attached hydrogen (secondary N) is 1. The van der Waals surface area contributed by atoms with Gasteiger partial charge in [-0.3, -0.25) is 4.79 Å². The highest BCUT2D eigenvalue weighted by Crippen LogP contribution is 2.26. The fraction of sp³-hybridized carbons (Fsp3) is 0.182. The third-order valence-electron chi connectivity index (χ3n) is 4.11. The van der Waals surface area contributed by atoms with Gasteiger partial charge in [-0.25, -0.2) is 4.98 Å². The van der Waals surface area contributed by atoms with Gasteiger partial charge in [0.2, 0.25) is 0 Å². The number of carbonyl (C=O) groups excluding carboxylic acids is 1. The van der Waals surface area contributed by atoms with E-state index in [0.717, 1.165) is 17.9 Å². The number of nitrogens with zero attached hydrogens (tertiary/aromatic N) is 2. The van der Waals surface area contributed by atoms with Crippen LogP contribution in [0.3, 0.4) is 0 Å². The smallest absolute Gasteiger partial charge is 0.274 e. The maximum absolute atomic E-state index is 12.5. The van der Waals surface area contributed by atoms with Crippen molar-refractivity contribution in [3.05, 3.63) is 78.6 Å². The lowest BCUT2D eigenvalue weighted by Gasteiger charge is -2.23. The van der Waals surface area contributed by atoms with Crippen LogP contribution in [0.4, 0.5) is 17.1 Å². The standard InChI is InChI=1S/C22H23N3O2/c1-3-25(17-10-6-5-7-11-17)18-14-15-20(23-16-18)22(26)24-19-12-8-9-13-21(19)27-4-2/h5-16H,3-4H2,1-2H3,(H,24,26). The second kappa shape index (κ2) is 8.85. The van der Waals surface area contributed by atoms with Gasteiger partial charge >= 0.3 is 0 Å². The first-order valence-electron chi connectivity index (χ1n) is 9.04. The van der Waals surface area contributed by atoms with Gasteiger partial charge in [-0.05, 0) is 50.2 Å². The molecule has 0 radical (unpaired) electrons. The monoisotopic (exact) mass is 361 g/mol. The summed E-state index contributed by atoms with van der Waals surface area (Å²) in [6.45, 7) is 5.33. The van der Waals surface area contributed by atoms with E-state index in [1.807, 2.05) is 55.5 Å². The van der Waals surface area contributed by atoms with Gasteiger partial charge in [0.15, 0.2) is 0 Å². The summed E-state index contributed by atoms with van der Waals surface area (Å²) in [5.41, 5.74) is 3.02. The van der Waals surface area contributed by atoms with Gasteiger partial charge in [0.25, 0.3) is 5.91 Å². The van der Waals surface area contributed by atoms with Gasteiger partial charge in [-0.15, -0.1) is 0 Å². The van der Waals surface area contributed by atoms with Crippen molar-refractivity contribution in [2.75, 3.05) is 23.4 Å². The highest BCUT2D eigenvalue weighted by molar-refractivity contribution is 6.03. The van der Waals surface area contributed by atoms with Gasteiger partial charge in [0, 0.05) is 12.2 Å². The van der Waals surface area contributed by atoms with E-state index in [1.165, 1.54) is 0 Å². The third-order valence-corrected chi connectivity index (χ3v) is 4.11. The molecule has 0 atom stereocenters. The van der Waals surface area contributed by atoms with E-state index in [2.05, 4.69) is 34.3 Å². The minimum absolute atomic E-state index is 0.267. The molecule has 1 amide bonds. The maximum atomic E-state index is 12.5. The Kier molecular flexibility index (Phi) is 6.05. The number of amides is 1. The van der Waals surface area contributed by atoms with Gasteiger partial charge in [0.05, 0.1) is 24.2 Å². The number of carbonyl (C=O) groups is 1. The molecule has 5 nitrogen and oxygen atoms in total. The summed E-state index contributed by atoms with van der Waals surface area (Å²) in [6.07, 6.45) is 1.72. The van der Waals surface area contributed by atoms with Gasteiger partial charge in [-0.1, -0.05) is 30.3 Å². The quantitative estimate of drug-likeness (QED) is 0.651. The summed E-state index contributed by atoms with van der Waals surface area (Å²) in [5.74, 6) is 0.377. The Bertz CT molecular complexity index is 880. The van der Waals surface area contributed by atoms with Crippen LogP contribution in [-0.4, -0.2) is 24.0 Å². The molecule has 0 aliphatic heterocycles. The van der Waals surface area contributed by atoms with Crippen LogP contribution in [0.5, 0.6) is 5.75 Å². The fourth-order valence-corrected chi connectivity index (χ4v) is 2.84. The molecule has 0 fully saturated rings. The van der Waals surface area contributed by atoms with E-state index in [9.17, 15) is 4.79 Å². The molecule has 0 aliphatic carbocycles. The van der Waals surface area contributed by atoms with E-state index in [1.54, 1.807) is 12.3 Å². The van der Waals surface area contributed by atoms with Crippen LogP contribution in [-0.2, 0) is 0 Å². The Hall–Kier alpha value is -3.34. The van der Waals surface area contributed by atoms with Crippen LogP contribution in [0.15, 0.2) is 72.9 Å². The van der Waals surface area contributed by atoms with Gasteiger partial charge in [-0.2, -0.15) is 0 Å². The number of anilines is 3.